The number of aliphatic hydroxyl groups is 2. The Hall–Kier alpha value is -5.35. The second kappa shape index (κ2) is 89.9. The lowest BCUT2D eigenvalue weighted by atomic mass is 10.0. The summed E-state index contributed by atoms with van der Waals surface area (Å²) in [7, 11) is -9.82. The van der Waals surface area contributed by atoms with Gasteiger partial charge in [-0.25, -0.2) is 9.13 Å². The molecule has 0 fully saturated rings. The van der Waals surface area contributed by atoms with Gasteiger partial charge in [0.15, 0.2) is 6.10 Å². The molecular formula is C99H166O16P2. The predicted molar refractivity (Wildman–Crippen MR) is 491 cm³/mol. The van der Waals surface area contributed by atoms with E-state index in [1.54, 1.807) is 0 Å². The molecule has 0 aromatic rings. The minimum Gasteiger partial charge on any atom is -0.463 e. The zero-order valence-corrected chi connectivity index (χ0v) is 75.4. The molecule has 117 heavy (non-hydrogen) atoms. The Balaban J connectivity index is 4.68. The van der Waals surface area contributed by atoms with Crippen LogP contribution >= 0.6 is 15.6 Å². The molecule has 0 bridgehead atoms. The SMILES string of the molecule is CC/C=C\C/C=C\C/C=C\C/C=C\C/C=C\C/C=C\CCCCCCCCCCCCC(=O)OCC(O)COP(=O)(O)OCC(O)COP(=O)(O)OCC(COC(=O)CCCCCCCCCCCCC/C=C\C/C=C\C/C=C\C/C=C\CCCCC)OC(=O)CCCCCCCCCCC/C=C\C/C=C\C/C=C\C/C=C\C/C=C\CC. The van der Waals surface area contributed by atoms with E-state index in [2.05, 4.69) is 203 Å². The Morgan fingerprint density at radius 3 is 0.718 bits per heavy atom. The van der Waals surface area contributed by atoms with E-state index in [9.17, 15) is 43.5 Å². The number of phosphoric acid groups is 2. The van der Waals surface area contributed by atoms with Crippen molar-refractivity contribution in [1.29, 1.82) is 0 Å². The van der Waals surface area contributed by atoms with E-state index in [1.165, 1.54) is 122 Å². The van der Waals surface area contributed by atoms with Crippen molar-refractivity contribution >= 4 is 33.6 Å². The molecule has 668 valence electrons. The molecule has 0 aromatic carbocycles. The Bertz CT molecular complexity index is 2860. The average molecular weight is 1670 g/mol. The van der Waals surface area contributed by atoms with Crippen LogP contribution in [0.15, 0.2) is 182 Å². The smallest absolute Gasteiger partial charge is 0.463 e. The van der Waals surface area contributed by atoms with Gasteiger partial charge in [-0.2, -0.15) is 0 Å². The molecule has 0 amide bonds. The standard InChI is InChI=1S/C99H166O16P2/c1-4-7-10-13-16-19-22-25-28-31-34-37-40-43-45-46-48-51-52-55-58-61-64-67-70-73-76-79-82-85-97(102)109-88-94(100)89-111-116(105,106)112-90-95(101)91-113-117(107,108)114-93-96(115-99(104)87-84-81-78-75-72-69-66-63-60-57-54-49-42-39-36-33-30-27-24-21-18-15-12-9-6-3)92-110-98(103)86-83-80-77-74-71-68-65-62-59-56-53-50-47-44-41-38-35-32-29-26-23-20-17-14-11-8-5-2/h7,9-10,12,16-21,25-30,34-39,43-45,47-49,51,54,94-96,100-101H,4-6,8,11,13-15,22-24,31-33,40-42,46,50,52-53,55-93H2,1-3H3,(H,105,106)(H,107,108)/b10-7-,12-9-,19-16-,20-17-,21-18-,28-25-,29-26-,30-27-,37-34-,38-35-,39-36-,45-43-,47-44-,51-48-,54-49-. The molecular weight excluding hydrogens is 1510 g/mol. The highest BCUT2D eigenvalue weighted by Gasteiger charge is 2.29. The Labute approximate surface area is 713 Å². The van der Waals surface area contributed by atoms with Crippen LogP contribution in [0, 0.1) is 0 Å². The Morgan fingerprint density at radius 2 is 0.453 bits per heavy atom. The zero-order chi connectivity index (χ0) is 85.1. The number of rotatable bonds is 86. The summed E-state index contributed by atoms with van der Waals surface area (Å²) in [5.74, 6) is -1.59. The van der Waals surface area contributed by atoms with Gasteiger partial charge in [0, 0.05) is 19.3 Å². The highest BCUT2D eigenvalue weighted by atomic mass is 31.2. The van der Waals surface area contributed by atoms with Crippen LogP contribution in [-0.2, 0) is 55.8 Å². The topological polar surface area (TPSA) is 231 Å². The molecule has 0 rings (SSSR count). The van der Waals surface area contributed by atoms with Gasteiger partial charge in [-0.3, -0.25) is 32.5 Å². The molecule has 0 heterocycles. The highest BCUT2D eigenvalue weighted by molar-refractivity contribution is 7.47. The number of hydrogen-bond acceptors (Lipinski definition) is 14. The Kier molecular flexibility index (Phi) is 85.8. The molecule has 0 spiro atoms. The van der Waals surface area contributed by atoms with E-state index in [4.69, 9.17) is 32.3 Å². The maximum atomic E-state index is 13.1. The molecule has 16 nitrogen and oxygen atoms in total. The van der Waals surface area contributed by atoms with Gasteiger partial charge in [-0.15, -0.1) is 0 Å². The largest absolute Gasteiger partial charge is 0.472 e. The summed E-state index contributed by atoms with van der Waals surface area (Å²) in [5.41, 5.74) is 0. The second-order valence-electron chi connectivity index (χ2n) is 30.3. The van der Waals surface area contributed by atoms with Crippen molar-refractivity contribution in [1.82, 2.24) is 0 Å². The van der Waals surface area contributed by atoms with Crippen molar-refractivity contribution in [3.8, 4) is 0 Å². The average Bonchev–Trinajstić information content (AvgIpc) is 0.904. The van der Waals surface area contributed by atoms with E-state index in [-0.39, 0.29) is 19.3 Å². The monoisotopic (exact) mass is 1670 g/mol. The van der Waals surface area contributed by atoms with Crippen molar-refractivity contribution in [2.24, 2.45) is 0 Å². The van der Waals surface area contributed by atoms with Gasteiger partial charge in [0.25, 0.3) is 0 Å². The molecule has 0 saturated carbocycles. The number of allylic oxidation sites excluding steroid dienone is 30. The number of aliphatic hydroxyl groups excluding tert-OH is 2. The third kappa shape index (κ3) is 91.2. The fourth-order valence-corrected chi connectivity index (χ4v) is 13.8. The number of phosphoric ester groups is 2. The third-order valence-electron chi connectivity index (χ3n) is 19.1. The maximum Gasteiger partial charge on any atom is 0.472 e. The molecule has 5 unspecified atom stereocenters. The summed E-state index contributed by atoms with van der Waals surface area (Å²) in [6.07, 6.45) is 118. The summed E-state index contributed by atoms with van der Waals surface area (Å²) < 4.78 is 61.5. The number of esters is 3. The lowest BCUT2D eigenvalue weighted by Gasteiger charge is -2.21. The van der Waals surface area contributed by atoms with Gasteiger partial charge >= 0.3 is 33.6 Å². The molecule has 0 radical (unpaired) electrons. The summed E-state index contributed by atoms with van der Waals surface area (Å²) in [5, 5.41) is 20.7. The number of hydrogen-bond donors (Lipinski definition) is 4. The van der Waals surface area contributed by atoms with Crippen molar-refractivity contribution in [3.63, 3.8) is 0 Å². The second-order valence-corrected chi connectivity index (χ2v) is 33.2. The predicted octanol–water partition coefficient (Wildman–Crippen LogP) is 28.4. The van der Waals surface area contributed by atoms with Crippen molar-refractivity contribution in [2.45, 2.75) is 386 Å². The van der Waals surface area contributed by atoms with Gasteiger partial charge < -0.3 is 34.2 Å². The summed E-state index contributed by atoms with van der Waals surface area (Å²) in [4.78, 5) is 59.0. The van der Waals surface area contributed by atoms with Gasteiger partial charge in [0.1, 0.15) is 25.4 Å². The van der Waals surface area contributed by atoms with Crippen molar-refractivity contribution in [2.75, 3.05) is 39.6 Å². The molecule has 0 saturated heterocycles. The Morgan fingerprint density at radius 1 is 0.248 bits per heavy atom. The summed E-state index contributed by atoms with van der Waals surface area (Å²) in [6.45, 7) is 2.45. The van der Waals surface area contributed by atoms with E-state index >= 15 is 0 Å². The molecule has 5 atom stereocenters. The lowest BCUT2D eigenvalue weighted by Crippen LogP contribution is -2.30. The van der Waals surface area contributed by atoms with Crippen LogP contribution in [0.2, 0.25) is 0 Å². The van der Waals surface area contributed by atoms with Crippen LogP contribution in [0.4, 0.5) is 0 Å². The third-order valence-corrected chi connectivity index (χ3v) is 21.0. The molecule has 0 aliphatic carbocycles. The normalized spacial score (nSPS) is 14.6. The molecule has 4 N–H and O–H groups in total. The van der Waals surface area contributed by atoms with Gasteiger partial charge in [-0.1, -0.05) is 370 Å². The van der Waals surface area contributed by atoms with Crippen LogP contribution < -0.4 is 0 Å². The fourth-order valence-electron chi connectivity index (χ4n) is 12.2. The molecule has 0 aliphatic heterocycles. The first-order chi connectivity index (χ1) is 57.2. The summed E-state index contributed by atoms with van der Waals surface area (Å²) in [6, 6.07) is 0. The number of unbranched alkanes of at least 4 members (excludes halogenated alkanes) is 33. The number of carbonyl (C=O) groups is 3. The fraction of sp³-hybridized carbons (Fsp3) is 0.667. The first-order valence-electron chi connectivity index (χ1n) is 46.1. The molecule has 0 aromatic heterocycles. The lowest BCUT2D eigenvalue weighted by molar-refractivity contribution is -0.161. The van der Waals surface area contributed by atoms with Crippen molar-refractivity contribution < 1.29 is 75.8 Å². The van der Waals surface area contributed by atoms with Crippen LogP contribution in [-0.4, -0.2) is 95.9 Å². The van der Waals surface area contributed by atoms with E-state index in [0.717, 1.165) is 186 Å². The maximum absolute atomic E-state index is 13.1. The molecule has 0 aliphatic rings. The number of ether oxygens (including phenoxy) is 3. The van der Waals surface area contributed by atoms with Crippen molar-refractivity contribution in [3.05, 3.63) is 182 Å². The van der Waals surface area contributed by atoms with Crippen LogP contribution in [0.3, 0.4) is 0 Å². The van der Waals surface area contributed by atoms with Crippen LogP contribution in [0.25, 0.3) is 0 Å². The van der Waals surface area contributed by atoms with Crippen LogP contribution in [0.1, 0.15) is 367 Å². The van der Waals surface area contributed by atoms with E-state index in [1.807, 2.05) is 0 Å². The summed E-state index contributed by atoms with van der Waals surface area (Å²) >= 11 is 0. The van der Waals surface area contributed by atoms with Gasteiger partial charge in [-0.05, 0) is 161 Å². The number of carbonyl (C=O) groups excluding carboxylic acids is 3. The van der Waals surface area contributed by atoms with Gasteiger partial charge in [0.05, 0.1) is 26.4 Å². The quantitative estimate of drug-likeness (QED) is 0.0146. The first kappa shape index (κ1) is 112. The van der Waals surface area contributed by atoms with E-state index in [0.29, 0.717) is 19.3 Å². The minimum atomic E-state index is -4.95. The minimum absolute atomic E-state index is 0.0910. The zero-order valence-electron chi connectivity index (χ0n) is 73.6. The van der Waals surface area contributed by atoms with Gasteiger partial charge in [0.2, 0.25) is 0 Å². The molecule has 18 heteroatoms. The first-order valence-corrected chi connectivity index (χ1v) is 49.1. The van der Waals surface area contributed by atoms with Crippen LogP contribution in [0.5, 0.6) is 0 Å². The van der Waals surface area contributed by atoms with E-state index < -0.39 is 91.5 Å². The highest BCUT2D eigenvalue weighted by Crippen LogP contribution is 2.45.